The highest BCUT2D eigenvalue weighted by Crippen LogP contribution is 2.21. The maximum absolute atomic E-state index is 12.6. The van der Waals surface area contributed by atoms with Crippen LogP contribution in [0.25, 0.3) is 0 Å². The molecule has 2 amide bonds. The Morgan fingerprint density at radius 2 is 2.08 bits per heavy atom. The molecule has 2 aliphatic heterocycles. The molecule has 140 valence electrons. The smallest absolute Gasteiger partial charge is 0.410 e. The molecule has 1 unspecified atom stereocenters. The van der Waals surface area contributed by atoms with Crippen molar-refractivity contribution in [2.45, 2.75) is 44.2 Å². The van der Waals surface area contributed by atoms with Crippen molar-refractivity contribution in [1.82, 2.24) is 10.2 Å². The molecule has 2 heterocycles. The van der Waals surface area contributed by atoms with E-state index in [1.54, 1.807) is 0 Å². The fraction of sp³-hybridized carbons (Fsp3) is 0.500. The van der Waals surface area contributed by atoms with E-state index in [4.69, 9.17) is 14.2 Å². The molecule has 0 spiro atoms. The minimum absolute atomic E-state index is 0.0510. The Kier molecular flexibility index (Phi) is 5.72. The summed E-state index contributed by atoms with van der Waals surface area (Å²) in [6.45, 7) is 0.612. The van der Waals surface area contributed by atoms with Gasteiger partial charge in [0.2, 0.25) is 12.2 Å². The van der Waals surface area contributed by atoms with E-state index in [-0.39, 0.29) is 18.9 Å². The first kappa shape index (κ1) is 18.2. The average molecular weight is 362 g/mol. The van der Waals surface area contributed by atoms with Crippen molar-refractivity contribution in [3.63, 3.8) is 0 Å². The Bertz CT molecular complexity index is 665. The van der Waals surface area contributed by atoms with Crippen molar-refractivity contribution < 1.29 is 28.6 Å². The number of esters is 1. The largest absolute Gasteiger partial charge is 0.445 e. The van der Waals surface area contributed by atoms with E-state index in [9.17, 15) is 14.4 Å². The van der Waals surface area contributed by atoms with Gasteiger partial charge in [0.15, 0.2) is 0 Å². The van der Waals surface area contributed by atoms with Gasteiger partial charge >= 0.3 is 12.1 Å². The molecule has 1 aromatic carbocycles. The number of ether oxygens (including phenoxy) is 3. The van der Waals surface area contributed by atoms with E-state index in [0.29, 0.717) is 19.4 Å². The average Bonchev–Trinajstić information content (AvgIpc) is 3.27. The van der Waals surface area contributed by atoms with Gasteiger partial charge in [-0.15, -0.1) is 0 Å². The van der Waals surface area contributed by atoms with E-state index in [2.05, 4.69) is 5.32 Å². The van der Waals surface area contributed by atoms with Crippen LogP contribution in [0.15, 0.2) is 30.3 Å². The molecular weight excluding hydrogens is 340 g/mol. The molecule has 3 atom stereocenters. The number of methoxy groups -OCH3 is 1. The zero-order chi connectivity index (χ0) is 18.5. The normalized spacial score (nSPS) is 25.0. The number of rotatable bonds is 5. The molecule has 0 radical (unpaired) electrons. The minimum Gasteiger partial charge on any atom is -0.445 e. The summed E-state index contributed by atoms with van der Waals surface area (Å²) in [5, 5.41) is 2.75. The van der Waals surface area contributed by atoms with Gasteiger partial charge in [0.1, 0.15) is 18.7 Å². The number of carbonyl (C=O) groups is 3. The van der Waals surface area contributed by atoms with Gasteiger partial charge in [0.05, 0.1) is 6.42 Å². The van der Waals surface area contributed by atoms with Crippen molar-refractivity contribution in [3.05, 3.63) is 35.9 Å². The molecule has 26 heavy (non-hydrogen) atoms. The monoisotopic (exact) mass is 362 g/mol. The number of amides is 2. The predicted molar refractivity (Wildman–Crippen MR) is 89.8 cm³/mol. The van der Waals surface area contributed by atoms with Crippen molar-refractivity contribution in [3.8, 4) is 0 Å². The summed E-state index contributed by atoms with van der Waals surface area (Å²) in [6, 6.07) is 8.18. The Balaban J connectivity index is 1.56. The van der Waals surface area contributed by atoms with Crippen LogP contribution in [0.4, 0.5) is 4.79 Å². The first-order chi connectivity index (χ1) is 12.6. The van der Waals surface area contributed by atoms with E-state index in [1.807, 2.05) is 30.3 Å². The van der Waals surface area contributed by atoms with Crippen LogP contribution < -0.4 is 5.32 Å². The van der Waals surface area contributed by atoms with Crippen LogP contribution in [0.3, 0.4) is 0 Å². The van der Waals surface area contributed by atoms with Crippen molar-refractivity contribution in [2.24, 2.45) is 0 Å². The van der Waals surface area contributed by atoms with Gasteiger partial charge in [0.25, 0.3) is 0 Å². The molecule has 0 aliphatic carbocycles. The Morgan fingerprint density at radius 1 is 1.31 bits per heavy atom. The number of carbonyl (C=O) groups excluding carboxylic acids is 3. The second kappa shape index (κ2) is 8.18. The fourth-order valence-corrected chi connectivity index (χ4v) is 3.21. The van der Waals surface area contributed by atoms with Gasteiger partial charge < -0.3 is 19.5 Å². The van der Waals surface area contributed by atoms with E-state index in [0.717, 1.165) is 5.56 Å². The van der Waals surface area contributed by atoms with E-state index in [1.165, 1.54) is 12.0 Å². The lowest BCUT2D eigenvalue weighted by molar-refractivity contribution is -0.160. The highest BCUT2D eigenvalue weighted by atomic mass is 16.7. The van der Waals surface area contributed by atoms with Crippen LogP contribution in [0.1, 0.15) is 24.8 Å². The van der Waals surface area contributed by atoms with Crippen LogP contribution in [-0.4, -0.2) is 54.9 Å². The molecule has 3 rings (SSSR count). The number of hydrogen-bond donors (Lipinski definition) is 1. The Labute approximate surface area is 151 Å². The molecule has 0 bridgehead atoms. The Morgan fingerprint density at radius 3 is 2.81 bits per heavy atom. The minimum atomic E-state index is -0.800. The molecular formula is C18H22N2O6. The van der Waals surface area contributed by atoms with Gasteiger partial charge in [-0.1, -0.05) is 30.3 Å². The number of nitrogens with one attached hydrogen (secondary N) is 1. The topological polar surface area (TPSA) is 94.2 Å². The lowest BCUT2D eigenvalue weighted by Gasteiger charge is -2.25. The summed E-state index contributed by atoms with van der Waals surface area (Å²) in [6.07, 6.45) is -0.00687. The van der Waals surface area contributed by atoms with Gasteiger partial charge in [-0.05, 0) is 18.4 Å². The molecule has 1 N–H and O–H groups in total. The Hall–Kier alpha value is -2.61. The van der Waals surface area contributed by atoms with Crippen LogP contribution in [0.5, 0.6) is 0 Å². The highest BCUT2D eigenvalue weighted by Gasteiger charge is 2.40. The fourth-order valence-electron chi connectivity index (χ4n) is 3.21. The molecule has 1 aromatic rings. The summed E-state index contributed by atoms with van der Waals surface area (Å²) < 4.78 is 15.3. The third-order valence-electron chi connectivity index (χ3n) is 4.52. The number of hydrogen-bond acceptors (Lipinski definition) is 6. The lowest BCUT2D eigenvalue weighted by atomic mass is 10.1. The standard InChI is InChI=1S/C18H22N2O6/c1-24-17-13(10-15(21)26-17)19-16(22)14-8-5-9-20(14)18(23)25-11-12-6-3-2-4-7-12/h2-4,6-7,13-14,17H,5,8-11H2,1H3,(H,19,22)/t13-,14?,17-/m0/s1. The zero-order valence-electron chi connectivity index (χ0n) is 14.6. The number of nitrogens with zero attached hydrogens (tertiary/aromatic N) is 1. The third kappa shape index (κ3) is 4.13. The summed E-state index contributed by atoms with van der Waals surface area (Å²) in [5.74, 6) is -0.753. The van der Waals surface area contributed by atoms with Gasteiger partial charge in [-0.25, -0.2) is 4.79 Å². The molecule has 2 saturated heterocycles. The maximum atomic E-state index is 12.6. The molecule has 2 fully saturated rings. The lowest BCUT2D eigenvalue weighted by Crippen LogP contribution is -2.51. The third-order valence-corrected chi connectivity index (χ3v) is 4.52. The van der Waals surface area contributed by atoms with Crippen molar-refractivity contribution >= 4 is 18.0 Å². The number of cyclic esters (lactones) is 1. The summed E-state index contributed by atoms with van der Waals surface area (Å²) in [7, 11) is 1.41. The van der Waals surface area contributed by atoms with E-state index < -0.39 is 30.4 Å². The first-order valence-corrected chi connectivity index (χ1v) is 8.58. The van der Waals surface area contributed by atoms with Crippen molar-refractivity contribution in [2.75, 3.05) is 13.7 Å². The summed E-state index contributed by atoms with van der Waals surface area (Å²) in [4.78, 5) is 37.7. The summed E-state index contributed by atoms with van der Waals surface area (Å²) >= 11 is 0. The molecule has 8 heteroatoms. The molecule has 2 aliphatic rings. The van der Waals surface area contributed by atoms with Gasteiger partial charge in [0, 0.05) is 13.7 Å². The molecule has 8 nitrogen and oxygen atoms in total. The number of likely N-dealkylation sites (tertiary alicyclic amines) is 1. The zero-order valence-corrected chi connectivity index (χ0v) is 14.6. The first-order valence-electron chi connectivity index (χ1n) is 8.58. The van der Waals surface area contributed by atoms with Crippen LogP contribution in [0, 0.1) is 0 Å². The van der Waals surface area contributed by atoms with Crippen LogP contribution in [-0.2, 0) is 30.4 Å². The predicted octanol–water partition coefficient (Wildman–Crippen LogP) is 1.19. The molecule has 0 saturated carbocycles. The second-order valence-electron chi connectivity index (χ2n) is 6.30. The highest BCUT2D eigenvalue weighted by molar-refractivity contribution is 5.87. The van der Waals surface area contributed by atoms with Gasteiger partial charge in [-0.3, -0.25) is 14.5 Å². The maximum Gasteiger partial charge on any atom is 0.410 e. The van der Waals surface area contributed by atoms with Crippen LogP contribution in [0.2, 0.25) is 0 Å². The van der Waals surface area contributed by atoms with Gasteiger partial charge in [-0.2, -0.15) is 0 Å². The van der Waals surface area contributed by atoms with Crippen molar-refractivity contribution in [1.29, 1.82) is 0 Å². The molecule has 0 aromatic heterocycles. The number of benzene rings is 1. The second-order valence-corrected chi connectivity index (χ2v) is 6.30. The van der Waals surface area contributed by atoms with Crippen LogP contribution >= 0.6 is 0 Å². The quantitative estimate of drug-likeness (QED) is 0.791. The SMILES string of the molecule is CO[C@H]1OC(=O)C[C@@H]1NC(=O)C1CCCN1C(=O)OCc1ccccc1. The summed E-state index contributed by atoms with van der Waals surface area (Å²) in [5.41, 5.74) is 0.880. The van der Waals surface area contributed by atoms with E-state index >= 15 is 0 Å².